The Bertz CT molecular complexity index is 731. The Kier molecular flexibility index (Phi) is 3.08. The SMILES string of the molecule is NCc1ccc2nc(-c3cc(F)cc(Br)c3)[nH]c2c1. The molecule has 5 heteroatoms. The molecule has 0 aliphatic carbocycles. The topological polar surface area (TPSA) is 54.7 Å². The number of imidazole rings is 1. The molecule has 3 nitrogen and oxygen atoms in total. The number of aromatic amines is 1. The third-order valence-corrected chi connectivity index (χ3v) is 3.38. The fourth-order valence-electron chi connectivity index (χ4n) is 2.01. The number of H-pyrrole nitrogens is 1. The molecule has 0 unspecified atom stereocenters. The summed E-state index contributed by atoms with van der Waals surface area (Å²) in [4.78, 5) is 7.64. The number of nitrogens with two attached hydrogens (primary N) is 1. The highest BCUT2D eigenvalue weighted by molar-refractivity contribution is 9.10. The van der Waals surface area contributed by atoms with E-state index in [9.17, 15) is 4.39 Å². The lowest BCUT2D eigenvalue weighted by Crippen LogP contribution is -1.95. The van der Waals surface area contributed by atoms with Crippen molar-refractivity contribution in [2.45, 2.75) is 6.54 Å². The van der Waals surface area contributed by atoms with Gasteiger partial charge in [0, 0.05) is 16.6 Å². The molecular formula is C14H11BrFN3. The van der Waals surface area contributed by atoms with Crippen molar-refractivity contribution in [3.8, 4) is 11.4 Å². The summed E-state index contributed by atoms with van der Waals surface area (Å²) >= 11 is 3.28. The van der Waals surface area contributed by atoms with Crippen molar-refractivity contribution in [1.29, 1.82) is 0 Å². The van der Waals surface area contributed by atoms with Crippen molar-refractivity contribution in [2.75, 3.05) is 0 Å². The molecule has 0 aliphatic heterocycles. The van der Waals surface area contributed by atoms with Crippen LogP contribution in [0.1, 0.15) is 5.56 Å². The Hall–Kier alpha value is -1.72. The van der Waals surface area contributed by atoms with Gasteiger partial charge in [-0.15, -0.1) is 0 Å². The second-order valence-corrected chi connectivity index (χ2v) is 5.21. The molecule has 0 bridgehead atoms. The van der Waals surface area contributed by atoms with E-state index in [1.165, 1.54) is 12.1 Å². The van der Waals surface area contributed by atoms with E-state index < -0.39 is 0 Å². The standard InChI is InChI=1S/C14H11BrFN3/c15-10-4-9(5-11(16)6-10)14-18-12-2-1-8(7-17)3-13(12)19-14/h1-6H,7,17H2,(H,18,19). The van der Waals surface area contributed by atoms with Crippen LogP contribution in [0.5, 0.6) is 0 Å². The first-order valence-corrected chi connectivity index (χ1v) is 6.60. The summed E-state index contributed by atoms with van der Waals surface area (Å²) in [5, 5.41) is 0. The van der Waals surface area contributed by atoms with Gasteiger partial charge in [0.25, 0.3) is 0 Å². The van der Waals surface area contributed by atoms with Gasteiger partial charge in [-0.1, -0.05) is 22.0 Å². The van der Waals surface area contributed by atoms with Gasteiger partial charge in [-0.25, -0.2) is 9.37 Å². The van der Waals surface area contributed by atoms with Crippen LogP contribution in [0.4, 0.5) is 4.39 Å². The molecule has 3 aromatic rings. The van der Waals surface area contributed by atoms with Crippen LogP contribution in [0.25, 0.3) is 22.4 Å². The number of hydrogen-bond acceptors (Lipinski definition) is 2. The van der Waals surface area contributed by atoms with E-state index in [0.717, 1.165) is 16.6 Å². The van der Waals surface area contributed by atoms with E-state index in [0.29, 0.717) is 22.4 Å². The molecule has 0 saturated heterocycles. The number of rotatable bonds is 2. The van der Waals surface area contributed by atoms with Crippen molar-refractivity contribution < 1.29 is 4.39 Å². The predicted molar refractivity (Wildman–Crippen MR) is 77.1 cm³/mol. The van der Waals surface area contributed by atoms with Crippen LogP contribution < -0.4 is 5.73 Å². The smallest absolute Gasteiger partial charge is 0.138 e. The number of benzene rings is 2. The van der Waals surface area contributed by atoms with Gasteiger partial charge in [-0.3, -0.25) is 0 Å². The predicted octanol–water partition coefficient (Wildman–Crippen LogP) is 3.59. The van der Waals surface area contributed by atoms with E-state index in [4.69, 9.17) is 5.73 Å². The van der Waals surface area contributed by atoms with Crippen molar-refractivity contribution in [3.63, 3.8) is 0 Å². The van der Waals surface area contributed by atoms with Crippen molar-refractivity contribution >= 4 is 27.0 Å². The first kappa shape index (κ1) is 12.3. The van der Waals surface area contributed by atoms with Gasteiger partial charge in [-0.2, -0.15) is 0 Å². The molecule has 0 atom stereocenters. The molecule has 3 rings (SSSR count). The average molecular weight is 320 g/mol. The fraction of sp³-hybridized carbons (Fsp3) is 0.0714. The molecule has 0 amide bonds. The van der Waals surface area contributed by atoms with Gasteiger partial charge in [-0.05, 0) is 35.9 Å². The minimum atomic E-state index is -0.299. The van der Waals surface area contributed by atoms with Gasteiger partial charge < -0.3 is 10.7 Å². The second-order valence-electron chi connectivity index (χ2n) is 4.30. The first-order valence-electron chi connectivity index (χ1n) is 5.81. The molecular weight excluding hydrogens is 309 g/mol. The van der Waals surface area contributed by atoms with Gasteiger partial charge in [0.2, 0.25) is 0 Å². The molecule has 0 radical (unpaired) electrons. The number of aromatic nitrogens is 2. The van der Waals surface area contributed by atoms with Crippen LogP contribution in [0.15, 0.2) is 40.9 Å². The summed E-state index contributed by atoms with van der Waals surface area (Å²) in [6.07, 6.45) is 0. The zero-order valence-electron chi connectivity index (χ0n) is 9.95. The Morgan fingerprint density at radius 3 is 2.79 bits per heavy atom. The van der Waals surface area contributed by atoms with E-state index >= 15 is 0 Å². The molecule has 0 spiro atoms. The van der Waals surface area contributed by atoms with Crippen LogP contribution in [0.3, 0.4) is 0 Å². The molecule has 0 fully saturated rings. The number of fused-ring (bicyclic) bond motifs is 1. The second kappa shape index (κ2) is 4.75. The molecule has 2 aromatic carbocycles. The lowest BCUT2D eigenvalue weighted by Gasteiger charge is -1.98. The van der Waals surface area contributed by atoms with Gasteiger partial charge in [0.1, 0.15) is 11.6 Å². The summed E-state index contributed by atoms with van der Waals surface area (Å²) < 4.78 is 14.1. The van der Waals surface area contributed by atoms with Gasteiger partial charge in [0.15, 0.2) is 0 Å². The van der Waals surface area contributed by atoms with Crippen molar-refractivity contribution in [2.24, 2.45) is 5.73 Å². The zero-order chi connectivity index (χ0) is 13.4. The number of nitrogens with one attached hydrogen (secondary N) is 1. The van der Waals surface area contributed by atoms with Crippen molar-refractivity contribution in [3.05, 3.63) is 52.3 Å². The van der Waals surface area contributed by atoms with Gasteiger partial charge >= 0.3 is 0 Å². The summed E-state index contributed by atoms with van der Waals surface area (Å²) in [6.45, 7) is 0.482. The summed E-state index contributed by atoms with van der Waals surface area (Å²) in [5.74, 6) is 0.344. The third-order valence-electron chi connectivity index (χ3n) is 2.92. The van der Waals surface area contributed by atoms with Gasteiger partial charge in [0.05, 0.1) is 11.0 Å². The Morgan fingerprint density at radius 2 is 2.05 bits per heavy atom. The minimum Gasteiger partial charge on any atom is -0.338 e. The van der Waals surface area contributed by atoms with E-state index in [1.807, 2.05) is 24.3 Å². The molecule has 3 N–H and O–H groups in total. The number of nitrogens with zero attached hydrogens (tertiary/aromatic N) is 1. The van der Waals surface area contributed by atoms with Crippen LogP contribution >= 0.6 is 15.9 Å². The zero-order valence-corrected chi connectivity index (χ0v) is 11.5. The highest BCUT2D eigenvalue weighted by atomic mass is 79.9. The van der Waals surface area contributed by atoms with E-state index in [1.54, 1.807) is 0 Å². The highest BCUT2D eigenvalue weighted by Crippen LogP contribution is 2.25. The number of hydrogen-bond donors (Lipinski definition) is 2. The Morgan fingerprint density at radius 1 is 1.21 bits per heavy atom. The highest BCUT2D eigenvalue weighted by Gasteiger charge is 2.08. The maximum absolute atomic E-state index is 13.4. The Balaban J connectivity index is 2.14. The maximum Gasteiger partial charge on any atom is 0.138 e. The van der Waals surface area contributed by atoms with E-state index in [2.05, 4.69) is 25.9 Å². The maximum atomic E-state index is 13.4. The molecule has 0 aliphatic rings. The number of halogens is 2. The van der Waals surface area contributed by atoms with Crippen LogP contribution in [-0.2, 0) is 6.54 Å². The molecule has 96 valence electrons. The Labute approximate surface area is 117 Å². The molecule has 1 heterocycles. The average Bonchev–Trinajstić information content (AvgIpc) is 2.80. The monoisotopic (exact) mass is 319 g/mol. The molecule has 19 heavy (non-hydrogen) atoms. The molecule has 0 saturated carbocycles. The lowest BCUT2D eigenvalue weighted by molar-refractivity contribution is 0.627. The fourth-order valence-corrected chi connectivity index (χ4v) is 2.48. The van der Waals surface area contributed by atoms with Crippen LogP contribution in [0.2, 0.25) is 0 Å². The van der Waals surface area contributed by atoms with E-state index in [-0.39, 0.29) is 5.82 Å². The first-order chi connectivity index (χ1) is 9.15. The third kappa shape index (κ3) is 2.39. The van der Waals surface area contributed by atoms with Crippen LogP contribution in [0, 0.1) is 5.82 Å². The van der Waals surface area contributed by atoms with Crippen molar-refractivity contribution in [1.82, 2.24) is 9.97 Å². The summed E-state index contributed by atoms with van der Waals surface area (Å²) in [7, 11) is 0. The molecule has 1 aromatic heterocycles. The normalized spacial score (nSPS) is 11.1. The van der Waals surface area contributed by atoms with Crippen LogP contribution in [-0.4, -0.2) is 9.97 Å². The summed E-state index contributed by atoms with van der Waals surface area (Å²) in [5.41, 5.74) is 9.09. The largest absolute Gasteiger partial charge is 0.338 e. The lowest BCUT2D eigenvalue weighted by atomic mass is 10.2. The minimum absolute atomic E-state index is 0.299. The summed E-state index contributed by atoms with van der Waals surface area (Å²) in [6, 6.07) is 10.5. The quantitative estimate of drug-likeness (QED) is 0.758.